The largest absolute Gasteiger partial charge is 0.462 e. The Hall–Kier alpha value is -3.78. The van der Waals surface area contributed by atoms with Crippen LogP contribution in [0, 0.1) is 0 Å². The summed E-state index contributed by atoms with van der Waals surface area (Å²) in [6.45, 7) is 1.86. The first-order valence-corrected chi connectivity index (χ1v) is 10.5. The first kappa shape index (κ1) is 20.5. The van der Waals surface area contributed by atoms with Crippen LogP contribution in [0.4, 0.5) is 5.69 Å². The molecule has 0 saturated carbocycles. The smallest absolute Gasteiger partial charge is 0.338 e. The molecule has 0 radical (unpaired) electrons. The van der Waals surface area contributed by atoms with Crippen LogP contribution in [-0.4, -0.2) is 28.0 Å². The average molecular weight is 433 g/mol. The van der Waals surface area contributed by atoms with Gasteiger partial charge in [0.15, 0.2) is 0 Å². The van der Waals surface area contributed by atoms with Gasteiger partial charge in [-0.3, -0.25) is 14.2 Å². The van der Waals surface area contributed by atoms with E-state index in [9.17, 15) is 14.4 Å². The third kappa shape index (κ3) is 4.54. The third-order valence-electron chi connectivity index (χ3n) is 4.57. The van der Waals surface area contributed by atoms with E-state index in [2.05, 4.69) is 10.3 Å². The molecule has 0 fully saturated rings. The Bertz CT molecular complexity index is 1290. The van der Waals surface area contributed by atoms with Crippen LogP contribution in [0.3, 0.4) is 0 Å². The second-order valence-corrected chi connectivity index (χ2v) is 7.75. The predicted molar refractivity (Wildman–Crippen MR) is 120 cm³/mol. The number of thiophene rings is 1. The predicted octanol–water partition coefficient (Wildman–Crippen LogP) is 3.94. The Labute approximate surface area is 181 Å². The van der Waals surface area contributed by atoms with Crippen LogP contribution in [0.25, 0.3) is 20.7 Å². The summed E-state index contributed by atoms with van der Waals surface area (Å²) < 4.78 is 6.22. The molecular weight excluding hydrogens is 414 g/mol. The van der Waals surface area contributed by atoms with E-state index in [1.807, 2.05) is 36.4 Å². The lowest BCUT2D eigenvalue weighted by atomic mass is 10.2. The van der Waals surface area contributed by atoms with Crippen molar-refractivity contribution in [2.75, 3.05) is 11.9 Å². The SMILES string of the molecule is CCOC(=O)c1ccc(NC(=O)Cn2cnc3sc(-c4ccccc4)cc3c2=O)cc1. The highest BCUT2D eigenvalue weighted by atomic mass is 32.1. The number of rotatable bonds is 6. The maximum absolute atomic E-state index is 12.8. The quantitative estimate of drug-likeness (QED) is 0.465. The van der Waals surface area contributed by atoms with Crippen LogP contribution in [0.15, 0.2) is 71.8 Å². The number of amides is 1. The molecule has 0 atom stereocenters. The van der Waals surface area contributed by atoms with Crippen LogP contribution >= 0.6 is 11.3 Å². The number of esters is 1. The van der Waals surface area contributed by atoms with E-state index in [-0.39, 0.29) is 18.0 Å². The van der Waals surface area contributed by atoms with Crippen molar-refractivity contribution in [3.8, 4) is 10.4 Å². The molecule has 2 aromatic carbocycles. The van der Waals surface area contributed by atoms with Crippen molar-refractivity contribution in [2.45, 2.75) is 13.5 Å². The maximum Gasteiger partial charge on any atom is 0.338 e. The van der Waals surface area contributed by atoms with E-state index >= 15 is 0 Å². The van der Waals surface area contributed by atoms with E-state index in [0.29, 0.717) is 28.1 Å². The topological polar surface area (TPSA) is 90.3 Å². The molecular formula is C23H19N3O4S. The van der Waals surface area contributed by atoms with Gasteiger partial charge in [0.25, 0.3) is 5.56 Å². The van der Waals surface area contributed by atoms with Gasteiger partial charge in [0.05, 0.1) is 23.9 Å². The first-order valence-electron chi connectivity index (χ1n) is 9.66. The Morgan fingerprint density at radius 1 is 1.10 bits per heavy atom. The molecule has 7 nitrogen and oxygen atoms in total. The lowest BCUT2D eigenvalue weighted by Crippen LogP contribution is -2.27. The number of hydrogen-bond acceptors (Lipinski definition) is 6. The molecule has 0 bridgehead atoms. The van der Waals surface area contributed by atoms with Gasteiger partial charge in [-0.05, 0) is 42.8 Å². The number of ether oxygens (including phenoxy) is 1. The van der Waals surface area contributed by atoms with Crippen molar-refractivity contribution < 1.29 is 14.3 Å². The zero-order chi connectivity index (χ0) is 21.8. The number of carbonyl (C=O) groups excluding carboxylic acids is 2. The van der Waals surface area contributed by atoms with Crippen LogP contribution in [0.2, 0.25) is 0 Å². The fourth-order valence-electron chi connectivity index (χ4n) is 3.08. The lowest BCUT2D eigenvalue weighted by molar-refractivity contribution is -0.116. The van der Waals surface area contributed by atoms with E-state index in [1.165, 1.54) is 22.2 Å². The second kappa shape index (κ2) is 8.93. The number of aromatic nitrogens is 2. The van der Waals surface area contributed by atoms with Crippen LogP contribution in [0.5, 0.6) is 0 Å². The van der Waals surface area contributed by atoms with Gasteiger partial charge in [0, 0.05) is 10.6 Å². The second-order valence-electron chi connectivity index (χ2n) is 6.72. The van der Waals surface area contributed by atoms with Gasteiger partial charge in [-0.2, -0.15) is 0 Å². The number of anilines is 1. The molecule has 0 spiro atoms. The van der Waals surface area contributed by atoms with Gasteiger partial charge < -0.3 is 10.1 Å². The average Bonchev–Trinajstić information content (AvgIpc) is 3.22. The molecule has 0 aliphatic heterocycles. The van der Waals surface area contributed by atoms with Gasteiger partial charge in [-0.1, -0.05) is 30.3 Å². The Balaban J connectivity index is 1.49. The number of nitrogens with zero attached hydrogens (tertiary/aromatic N) is 2. The van der Waals surface area contributed by atoms with E-state index in [0.717, 1.165) is 10.4 Å². The summed E-state index contributed by atoms with van der Waals surface area (Å²) in [5, 5.41) is 3.20. The number of hydrogen-bond donors (Lipinski definition) is 1. The van der Waals surface area contributed by atoms with Crippen molar-refractivity contribution in [3.05, 3.63) is 82.9 Å². The molecule has 0 unspecified atom stereocenters. The molecule has 2 aromatic heterocycles. The van der Waals surface area contributed by atoms with Gasteiger partial charge in [-0.25, -0.2) is 9.78 Å². The van der Waals surface area contributed by atoms with Gasteiger partial charge in [-0.15, -0.1) is 11.3 Å². The maximum atomic E-state index is 12.8. The summed E-state index contributed by atoms with van der Waals surface area (Å²) >= 11 is 1.44. The Kier molecular flexibility index (Phi) is 5.90. The van der Waals surface area contributed by atoms with Crippen LogP contribution in [-0.2, 0) is 16.1 Å². The van der Waals surface area contributed by atoms with E-state index in [4.69, 9.17) is 4.74 Å². The molecule has 4 rings (SSSR count). The number of benzene rings is 2. The highest BCUT2D eigenvalue weighted by molar-refractivity contribution is 7.21. The number of nitrogens with one attached hydrogen (secondary N) is 1. The molecule has 0 aliphatic rings. The van der Waals surface area contributed by atoms with Crippen molar-refractivity contribution in [1.29, 1.82) is 0 Å². The zero-order valence-corrected chi connectivity index (χ0v) is 17.5. The first-order chi connectivity index (χ1) is 15.0. The molecule has 0 saturated heterocycles. The highest BCUT2D eigenvalue weighted by Crippen LogP contribution is 2.30. The molecule has 0 aliphatic carbocycles. The van der Waals surface area contributed by atoms with Crippen molar-refractivity contribution in [1.82, 2.24) is 9.55 Å². The monoisotopic (exact) mass is 433 g/mol. The van der Waals surface area contributed by atoms with Gasteiger partial charge in [0.2, 0.25) is 5.91 Å². The Morgan fingerprint density at radius 3 is 2.55 bits per heavy atom. The van der Waals surface area contributed by atoms with Crippen molar-refractivity contribution >= 4 is 39.1 Å². The molecule has 1 amide bonds. The Morgan fingerprint density at radius 2 is 1.84 bits per heavy atom. The molecule has 1 N–H and O–H groups in total. The van der Waals surface area contributed by atoms with Crippen molar-refractivity contribution in [3.63, 3.8) is 0 Å². The molecule has 8 heteroatoms. The molecule has 4 aromatic rings. The normalized spacial score (nSPS) is 10.7. The standard InChI is InChI=1S/C23H19N3O4S/c1-2-30-23(29)16-8-10-17(11-9-16)25-20(27)13-26-14-24-21-18(22(26)28)12-19(31-21)15-6-4-3-5-7-15/h3-12,14H,2,13H2,1H3,(H,25,27). The number of carbonyl (C=O) groups is 2. The zero-order valence-electron chi connectivity index (χ0n) is 16.7. The summed E-state index contributed by atoms with van der Waals surface area (Å²) in [7, 11) is 0. The van der Waals surface area contributed by atoms with Gasteiger partial charge >= 0.3 is 5.97 Å². The fourth-order valence-corrected chi connectivity index (χ4v) is 4.07. The lowest BCUT2D eigenvalue weighted by Gasteiger charge is -2.08. The summed E-state index contributed by atoms with van der Waals surface area (Å²) in [6.07, 6.45) is 1.39. The van der Waals surface area contributed by atoms with E-state index in [1.54, 1.807) is 31.2 Å². The van der Waals surface area contributed by atoms with Crippen LogP contribution < -0.4 is 10.9 Å². The minimum absolute atomic E-state index is 0.169. The fraction of sp³-hybridized carbons (Fsp3) is 0.130. The summed E-state index contributed by atoms with van der Waals surface area (Å²) in [4.78, 5) is 42.9. The molecule has 2 heterocycles. The molecule has 156 valence electrons. The van der Waals surface area contributed by atoms with E-state index < -0.39 is 5.97 Å². The van der Waals surface area contributed by atoms with Crippen molar-refractivity contribution in [2.24, 2.45) is 0 Å². The summed E-state index contributed by atoms with van der Waals surface area (Å²) in [5.74, 6) is -0.789. The summed E-state index contributed by atoms with van der Waals surface area (Å²) in [6, 6.07) is 17.9. The van der Waals surface area contributed by atoms with Gasteiger partial charge in [0.1, 0.15) is 11.4 Å². The number of fused-ring (bicyclic) bond motifs is 1. The summed E-state index contributed by atoms with van der Waals surface area (Å²) in [5.41, 5.74) is 1.66. The molecule has 31 heavy (non-hydrogen) atoms. The van der Waals surface area contributed by atoms with Crippen LogP contribution in [0.1, 0.15) is 17.3 Å². The minimum Gasteiger partial charge on any atom is -0.462 e. The third-order valence-corrected chi connectivity index (χ3v) is 5.66. The highest BCUT2D eigenvalue weighted by Gasteiger charge is 2.13. The minimum atomic E-state index is -0.419.